The fourth-order valence-corrected chi connectivity index (χ4v) is 4.84. The molecule has 0 saturated heterocycles. The number of rotatable bonds is 3. The van der Waals surface area contributed by atoms with Gasteiger partial charge in [-0.15, -0.1) is 11.3 Å². The normalized spacial score (nSPS) is 10.8. The zero-order valence-corrected chi connectivity index (χ0v) is 20.0. The van der Waals surface area contributed by atoms with Gasteiger partial charge >= 0.3 is 0 Å². The standard InChI is InChI=1S/C21H11Cl4N3OS2/c22-11-8-12(20-26-16-3-1-2-4-17(16)31-20)18(15(25)9-11)27-21(30)28-19(29)10-5-6-13(23)14(24)7-10/h1-9H,(H2,27,28,29,30). The SMILES string of the molecule is O=C(NC(=S)Nc1c(Cl)cc(Cl)cc1-c1nc2ccccc2s1)c1ccc(Cl)c(Cl)c1. The Hall–Kier alpha value is -1.93. The maximum absolute atomic E-state index is 12.5. The fourth-order valence-electron chi connectivity index (χ4n) is 2.81. The Balaban J connectivity index is 1.62. The second kappa shape index (κ2) is 9.28. The molecule has 0 radical (unpaired) electrons. The second-order valence-corrected chi connectivity index (χ2v) is 9.43. The lowest BCUT2D eigenvalue weighted by Gasteiger charge is -2.15. The summed E-state index contributed by atoms with van der Waals surface area (Å²) < 4.78 is 1.02. The predicted octanol–water partition coefficient (Wildman–Crippen LogP) is 7.70. The van der Waals surface area contributed by atoms with Crippen LogP contribution >= 0.6 is 70.0 Å². The third-order valence-electron chi connectivity index (χ3n) is 4.23. The van der Waals surface area contributed by atoms with E-state index < -0.39 is 5.91 Å². The van der Waals surface area contributed by atoms with Gasteiger partial charge in [0, 0.05) is 16.1 Å². The highest BCUT2D eigenvalue weighted by atomic mass is 35.5. The number of thiocarbonyl (C=S) groups is 1. The van der Waals surface area contributed by atoms with Gasteiger partial charge in [0.25, 0.3) is 5.91 Å². The molecule has 1 amide bonds. The largest absolute Gasteiger partial charge is 0.331 e. The third kappa shape index (κ3) is 4.95. The number of hydrogen-bond donors (Lipinski definition) is 2. The summed E-state index contributed by atoms with van der Waals surface area (Å²) in [5, 5.41) is 7.79. The van der Waals surface area contributed by atoms with E-state index in [0.29, 0.717) is 36.9 Å². The molecule has 0 aliphatic rings. The molecule has 3 aromatic carbocycles. The van der Waals surface area contributed by atoms with Crippen LogP contribution in [0, 0.1) is 0 Å². The number of fused-ring (bicyclic) bond motifs is 1. The number of thiazole rings is 1. The molecule has 4 aromatic rings. The van der Waals surface area contributed by atoms with E-state index in [4.69, 9.17) is 58.6 Å². The first-order chi connectivity index (χ1) is 14.8. The molecule has 4 nitrogen and oxygen atoms in total. The molecule has 0 bridgehead atoms. The van der Waals surface area contributed by atoms with Crippen LogP contribution in [0.1, 0.15) is 10.4 Å². The zero-order chi connectivity index (χ0) is 22.1. The minimum atomic E-state index is -0.442. The Morgan fingerprint density at radius 1 is 0.935 bits per heavy atom. The monoisotopic (exact) mass is 525 g/mol. The molecule has 0 aliphatic heterocycles. The van der Waals surface area contributed by atoms with Crippen molar-refractivity contribution in [3.8, 4) is 10.6 Å². The number of aromatic nitrogens is 1. The Morgan fingerprint density at radius 3 is 2.45 bits per heavy atom. The first-order valence-electron chi connectivity index (χ1n) is 8.74. The molecular formula is C21H11Cl4N3OS2. The van der Waals surface area contributed by atoms with Crippen molar-refractivity contribution in [3.63, 3.8) is 0 Å². The number of benzene rings is 3. The van der Waals surface area contributed by atoms with Crippen molar-refractivity contribution in [2.24, 2.45) is 0 Å². The first-order valence-corrected chi connectivity index (χ1v) is 11.5. The van der Waals surface area contributed by atoms with Crippen molar-refractivity contribution in [1.82, 2.24) is 10.3 Å². The molecule has 0 fully saturated rings. The van der Waals surface area contributed by atoms with Crippen molar-refractivity contribution in [2.45, 2.75) is 0 Å². The van der Waals surface area contributed by atoms with E-state index in [1.807, 2.05) is 24.3 Å². The smallest absolute Gasteiger partial charge is 0.257 e. The summed E-state index contributed by atoms with van der Waals surface area (Å²) in [6, 6.07) is 15.7. The van der Waals surface area contributed by atoms with Crippen LogP contribution in [0.5, 0.6) is 0 Å². The molecule has 1 aromatic heterocycles. The van der Waals surface area contributed by atoms with E-state index in [1.165, 1.54) is 23.5 Å². The summed E-state index contributed by atoms with van der Waals surface area (Å²) in [4.78, 5) is 17.2. The molecule has 156 valence electrons. The van der Waals surface area contributed by atoms with Crippen molar-refractivity contribution < 1.29 is 4.79 Å². The van der Waals surface area contributed by atoms with Gasteiger partial charge in [0.05, 0.1) is 31.0 Å². The van der Waals surface area contributed by atoms with Gasteiger partial charge in [-0.3, -0.25) is 10.1 Å². The number of amides is 1. The lowest BCUT2D eigenvalue weighted by atomic mass is 10.2. The number of para-hydroxylation sites is 1. The lowest BCUT2D eigenvalue weighted by Crippen LogP contribution is -2.34. The van der Waals surface area contributed by atoms with E-state index in [0.717, 1.165) is 10.2 Å². The van der Waals surface area contributed by atoms with Crippen LogP contribution in [0.2, 0.25) is 20.1 Å². The first kappa shape index (κ1) is 22.3. The van der Waals surface area contributed by atoms with Crippen LogP contribution in [0.4, 0.5) is 5.69 Å². The lowest BCUT2D eigenvalue weighted by molar-refractivity contribution is 0.0977. The van der Waals surface area contributed by atoms with E-state index in [9.17, 15) is 4.79 Å². The molecule has 4 rings (SSSR count). The van der Waals surface area contributed by atoms with Gasteiger partial charge in [-0.1, -0.05) is 58.5 Å². The second-order valence-electron chi connectivity index (χ2n) is 6.33. The molecule has 2 N–H and O–H groups in total. The minimum Gasteiger partial charge on any atom is -0.331 e. The topological polar surface area (TPSA) is 54.0 Å². The molecule has 0 aliphatic carbocycles. The predicted molar refractivity (Wildman–Crippen MR) is 135 cm³/mol. The zero-order valence-electron chi connectivity index (χ0n) is 15.4. The highest BCUT2D eigenvalue weighted by molar-refractivity contribution is 7.80. The molecule has 0 spiro atoms. The van der Waals surface area contributed by atoms with Gasteiger partial charge in [-0.05, 0) is 54.7 Å². The van der Waals surface area contributed by atoms with Crippen molar-refractivity contribution in [1.29, 1.82) is 0 Å². The van der Waals surface area contributed by atoms with Gasteiger partial charge in [-0.25, -0.2) is 4.98 Å². The van der Waals surface area contributed by atoms with Crippen LogP contribution in [-0.4, -0.2) is 16.0 Å². The quantitative estimate of drug-likeness (QED) is 0.268. The number of halogens is 4. The maximum atomic E-state index is 12.5. The molecule has 31 heavy (non-hydrogen) atoms. The number of nitrogens with zero attached hydrogens (tertiary/aromatic N) is 1. The van der Waals surface area contributed by atoms with Crippen molar-refractivity contribution in [3.05, 3.63) is 80.3 Å². The van der Waals surface area contributed by atoms with Gasteiger partial charge < -0.3 is 5.32 Å². The van der Waals surface area contributed by atoms with Crippen LogP contribution in [0.25, 0.3) is 20.8 Å². The van der Waals surface area contributed by atoms with Crippen LogP contribution in [-0.2, 0) is 0 Å². The summed E-state index contributed by atoms with van der Waals surface area (Å²) in [6.07, 6.45) is 0. The average Bonchev–Trinajstić information content (AvgIpc) is 3.16. The average molecular weight is 527 g/mol. The van der Waals surface area contributed by atoms with Crippen LogP contribution in [0.15, 0.2) is 54.6 Å². The fraction of sp³-hybridized carbons (Fsp3) is 0. The Labute approximate surface area is 207 Å². The number of anilines is 1. The van der Waals surface area contributed by atoms with Gasteiger partial charge in [-0.2, -0.15) is 0 Å². The molecule has 0 saturated carbocycles. The number of carbonyl (C=O) groups is 1. The molecule has 1 heterocycles. The summed E-state index contributed by atoms with van der Waals surface area (Å²) in [7, 11) is 0. The number of carbonyl (C=O) groups excluding carboxylic acids is 1. The highest BCUT2D eigenvalue weighted by Gasteiger charge is 2.17. The van der Waals surface area contributed by atoms with Gasteiger partial charge in [0.15, 0.2) is 5.11 Å². The van der Waals surface area contributed by atoms with Crippen LogP contribution in [0.3, 0.4) is 0 Å². The Morgan fingerprint density at radius 2 is 1.71 bits per heavy atom. The van der Waals surface area contributed by atoms with Crippen molar-refractivity contribution >= 4 is 96.9 Å². The summed E-state index contributed by atoms with van der Waals surface area (Å²) in [6.45, 7) is 0. The number of hydrogen-bond acceptors (Lipinski definition) is 4. The Bertz CT molecular complexity index is 1310. The Kier molecular flexibility index (Phi) is 6.67. The van der Waals surface area contributed by atoms with E-state index in [1.54, 1.807) is 18.2 Å². The number of nitrogens with one attached hydrogen (secondary N) is 2. The summed E-state index contributed by atoms with van der Waals surface area (Å²) >= 11 is 31.4. The van der Waals surface area contributed by atoms with E-state index >= 15 is 0 Å². The van der Waals surface area contributed by atoms with Gasteiger partial charge in [0.2, 0.25) is 0 Å². The maximum Gasteiger partial charge on any atom is 0.257 e. The highest BCUT2D eigenvalue weighted by Crippen LogP contribution is 2.40. The molecule has 0 unspecified atom stereocenters. The summed E-state index contributed by atoms with van der Waals surface area (Å²) in [5.41, 5.74) is 2.33. The molecule has 0 atom stereocenters. The van der Waals surface area contributed by atoms with E-state index in [2.05, 4.69) is 15.6 Å². The van der Waals surface area contributed by atoms with Crippen LogP contribution < -0.4 is 10.6 Å². The summed E-state index contributed by atoms with van der Waals surface area (Å²) in [5.74, 6) is -0.442. The molecular weight excluding hydrogens is 516 g/mol. The van der Waals surface area contributed by atoms with E-state index in [-0.39, 0.29) is 10.1 Å². The minimum absolute atomic E-state index is 0.0580. The molecule has 10 heteroatoms. The van der Waals surface area contributed by atoms with Crippen molar-refractivity contribution in [2.75, 3.05) is 5.32 Å². The van der Waals surface area contributed by atoms with Gasteiger partial charge in [0.1, 0.15) is 5.01 Å². The third-order valence-corrected chi connectivity index (χ3v) is 6.76.